The maximum absolute atomic E-state index is 13.2. The fraction of sp³-hybridized carbons (Fsp3) is 0.429. The molecule has 1 aromatic heterocycles. The fourth-order valence-corrected chi connectivity index (χ4v) is 1.83. The second-order valence-corrected chi connectivity index (χ2v) is 4.67. The Morgan fingerprint density at radius 3 is 2.89 bits per heavy atom. The largest absolute Gasteiger partial charge is 0.337 e. The predicted molar refractivity (Wildman–Crippen MR) is 70.9 cm³/mol. The van der Waals surface area contributed by atoms with Gasteiger partial charge in [0.25, 0.3) is 0 Å². The van der Waals surface area contributed by atoms with Crippen LogP contribution in [0.2, 0.25) is 0 Å². The molecular weight excluding hydrogens is 245 g/mol. The predicted octanol–water partition coefficient (Wildman–Crippen LogP) is 3.37. The quantitative estimate of drug-likeness (QED) is 0.898. The number of benzene rings is 1. The molecule has 2 aromatic rings. The third-order valence-corrected chi connectivity index (χ3v) is 3.04. The highest BCUT2D eigenvalue weighted by Gasteiger charge is 2.15. The highest BCUT2D eigenvalue weighted by Crippen LogP contribution is 2.22. The van der Waals surface area contributed by atoms with E-state index in [1.165, 1.54) is 6.07 Å². The molecule has 2 rings (SSSR count). The summed E-state index contributed by atoms with van der Waals surface area (Å²) < 4.78 is 18.4. The molecule has 0 aliphatic carbocycles. The highest BCUT2D eigenvalue weighted by atomic mass is 19.1. The van der Waals surface area contributed by atoms with Crippen molar-refractivity contribution in [3.63, 3.8) is 0 Å². The minimum Gasteiger partial charge on any atom is -0.337 e. The Kier molecular flexibility index (Phi) is 4.27. The molecule has 0 aliphatic heterocycles. The molecule has 2 N–H and O–H groups in total. The van der Waals surface area contributed by atoms with Crippen molar-refractivity contribution < 1.29 is 8.91 Å². The molecular formula is C14H18FN3O. The Hall–Kier alpha value is -1.75. The number of rotatable bonds is 5. The third kappa shape index (κ3) is 3.17. The Morgan fingerprint density at radius 2 is 2.21 bits per heavy atom. The van der Waals surface area contributed by atoms with E-state index in [1.54, 1.807) is 19.1 Å². The Bertz CT molecular complexity index is 553. The van der Waals surface area contributed by atoms with E-state index in [-0.39, 0.29) is 11.9 Å². The van der Waals surface area contributed by atoms with Gasteiger partial charge in [-0.2, -0.15) is 4.98 Å². The Labute approximate surface area is 111 Å². The van der Waals surface area contributed by atoms with E-state index >= 15 is 0 Å². The summed E-state index contributed by atoms with van der Waals surface area (Å²) in [5, 5.41) is 3.90. The summed E-state index contributed by atoms with van der Waals surface area (Å²) in [4.78, 5) is 4.28. The van der Waals surface area contributed by atoms with Crippen LogP contribution in [0.15, 0.2) is 22.7 Å². The van der Waals surface area contributed by atoms with Crippen LogP contribution >= 0.6 is 0 Å². The van der Waals surface area contributed by atoms with Crippen LogP contribution in [0, 0.1) is 12.7 Å². The molecule has 19 heavy (non-hydrogen) atoms. The van der Waals surface area contributed by atoms with Crippen molar-refractivity contribution in [3.8, 4) is 11.4 Å². The van der Waals surface area contributed by atoms with Gasteiger partial charge in [0.1, 0.15) is 5.82 Å². The average Bonchev–Trinajstić information content (AvgIpc) is 2.89. The molecule has 102 valence electrons. The number of nitrogens with two attached hydrogens (primary N) is 1. The number of nitrogens with zero attached hydrogens (tertiary/aromatic N) is 2. The number of hydrogen-bond acceptors (Lipinski definition) is 4. The number of halogens is 1. The Balaban J connectivity index is 2.18. The van der Waals surface area contributed by atoms with E-state index in [9.17, 15) is 4.39 Å². The minimum absolute atomic E-state index is 0.234. The number of unbranched alkanes of at least 4 members (excludes halogenated alkanes) is 1. The molecule has 4 nitrogen and oxygen atoms in total. The third-order valence-electron chi connectivity index (χ3n) is 3.04. The van der Waals surface area contributed by atoms with Crippen LogP contribution in [0.25, 0.3) is 11.4 Å². The molecule has 0 aliphatic rings. The second kappa shape index (κ2) is 5.93. The lowest BCUT2D eigenvalue weighted by Gasteiger charge is -2.03. The number of aryl methyl sites for hydroxylation is 1. The van der Waals surface area contributed by atoms with Crippen LogP contribution in [0.3, 0.4) is 0 Å². The van der Waals surface area contributed by atoms with Gasteiger partial charge < -0.3 is 10.3 Å². The van der Waals surface area contributed by atoms with Crippen molar-refractivity contribution in [1.82, 2.24) is 10.1 Å². The van der Waals surface area contributed by atoms with Crippen LogP contribution in [-0.2, 0) is 0 Å². The van der Waals surface area contributed by atoms with Crippen molar-refractivity contribution >= 4 is 0 Å². The molecule has 0 bridgehead atoms. The maximum Gasteiger partial charge on any atom is 0.243 e. The summed E-state index contributed by atoms with van der Waals surface area (Å²) in [5.74, 6) is 0.641. The normalized spacial score (nSPS) is 12.6. The van der Waals surface area contributed by atoms with Crippen LogP contribution in [0.1, 0.15) is 43.7 Å². The van der Waals surface area contributed by atoms with E-state index in [0.29, 0.717) is 17.3 Å². The van der Waals surface area contributed by atoms with Gasteiger partial charge in [0, 0.05) is 5.56 Å². The van der Waals surface area contributed by atoms with E-state index in [2.05, 4.69) is 17.1 Å². The molecule has 0 fully saturated rings. The molecule has 0 amide bonds. The molecule has 0 radical (unpaired) electrons. The van der Waals surface area contributed by atoms with Crippen LogP contribution in [0.5, 0.6) is 0 Å². The number of hydrogen-bond donors (Lipinski definition) is 1. The first kappa shape index (κ1) is 13.7. The summed E-state index contributed by atoms with van der Waals surface area (Å²) in [6.45, 7) is 3.81. The van der Waals surface area contributed by atoms with Crippen LogP contribution in [-0.4, -0.2) is 10.1 Å². The molecule has 1 aromatic carbocycles. The average molecular weight is 263 g/mol. The minimum atomic E-state index is -0.243. The topological polar surface area (TPSA) is 64.9 Å². The summed E-state index contributed by atoms with van der Waals surface area (Å²) in [7, 11) is 0. The fourth-order valence-electron chi connectivity index (χ4n) is 1.83. The first-order valence-corrected chi connectivity index (χ1v) is 6.47. The highest BCUT2D eigenvalue weighted by molar-refractivity contribution is 5.55. The summed E-state index contributed by atoms with van der Waals surface area (Å²) >= 11 is 0. The van der Waals surface area contributed by atoms with Gasteiger partial charge in [0.2, 0.25) is 11.7 Å². The van der Waals surface area contributed by atoms with Gasteiger partial charge in [0.15, 0.2) is 0 Å². The van der Waals surface area contributed by atoms with Crippen molar-refractivity contribution in [3.05, 3.63) is 35.5 Å². The van der Waals surface area contributed by atoms with Gasteiger partial charge >= 0.3 is 0 Å². The molecule has 0 unspecified atom stereocenters. The Morgan fingerprint density at radius 1 is 1.42 bits per heavy atom. The zero-order chi connectivity index (χ0) is 13.8. The van der Waals surface area contributed by atoms with Gasteiger partial charge in [-0.25, -0.2) is 4.39 Å². The maximum atomic E-state index is 13.2. The lowest BCUT2D eigenvalue weighted by Crippen LogP contribution is -2.10. The van der Waals surface area contributed by atoms with E-state index in [0.717, 1.165) is 24.8 Å². The molecule has 0 spiro atoms. The van der Waals surface area contributed by atoms with E-state index in [4.69, 9.17) is 10.3 Å². The van der Waals surface area contributed by atoms with Crippen molar-refractivity contribution in [2.75, 3.05) is 0 Å². The molecule has 1 heterocycles. The molecule has 0 saturated carbocycles. The first-order valence-electron chi connectivity index (χ1n) is 6.47. The summed E-state index contributed by atoms with van der Waals surface area (Å²) in [6, 6.07) is 4.50. The molecule has 1 atom stereocenters. The van der Waals surface area contributed by atoms with Crippen LogP contribution in [0.4, 0.5) is 4.39 Å². The second-order valence-electron chi connectivity index (χ2n) is 4.67. The molecule has 0 saturated heterocycles. The zero-order valence-electron chi connectivity index (χ0n) is 11.2. The van der Waals surface area contributed by atoms with E-state index in [1.807, 2.05) is 0 Å². The van der Waals surface area contributed by atoms with Crippen molar-refractivity contribution in [1.29, 1.82) is 0 Å². The van der Waals surface area contributed by atoms with Crippen molar-refractivity contribution in [2.24, 2.45) is 5.73 Å². The van der Waals surface area contributed by atoms with Crippen LogP contribution < -0.4 is 5.73 Å². The van der Waals surface area contributed by atoms with Gasteiger partial charge in [-0.15, -0.1) is 0 Å². The molecule has 5 heteroatoms. The SMILES string of the molecule is CCCC[C@H](N)c1nc(-c2ccc(F)c(C)c2)no1. The summed E-state index contributed by atoms with van der Waals surface area (Å²) in [5.41, 5.74) is 7.26. The smallest absolute Gasteiger partial charge is 0.243 e. The van der Waals surface area contributed by atoms with E-state index < -0.39 is 0 Å². The van der Waals surface area contributed by atoms with Crippen molar-refractivity contribution in [2.45, 2.75) is 39.2 Å². The lowest BCUT2D eigenvalue weighted by atomic mass is 10.1. The summed E-state index contributed by atoms with van der Waals surface area (Å²) in [6.07, 6.45) is 2.92. The van der Waals surface area contributed by atoms with Gasteiger partial charge in [-0.1, -0.05) is 24.9 Å². The van der Waals surface area contributed by atoms with Gasteiger partial charge in [0.05, 0.1) is 6.04 Å². The van der Waals surface area contributed by atoms with Gasteiger partial charge in [-0.05, 0) is 37.1 Å². The zero-order valence-corrected chi connectivity index (χ0v) is 11.2. The van der Waals surface area contributed by atoms with Gasteiger partial charge in [-0.3, -0.25) is 0 Å². The monoisotopic (exact) mass is 263 g/mol. The first-order chi connectivity index (χ1) is 9.11. The number of aromatic nitrogens is 2. The standard InChI is InChI=1S/C14H18FN3O/c1-3-4-5-12(16)14-17-13(18-19-14)10-6-7-11(15)9(2)8-10/h6-8,12H,3-5,16H2,1-2H3/t12-/m0/s1. The lowest BCUT2D eigenvalue weighted by molar-refractivity contribution is 0.346.